The zero-order chi connectivity index (χ0) is 15.1. The zero-order valence-corrected chi connectivity index (χ0v) is 12.3. The number of nitrogens with zero attached hydrogens (tertiary/aromatic N) is 3. The van der Waals surface area contributed by atoms with Crippen LogP contribution in [0.2, 0.25) is 0 Å². The molecule has 0 spiro atoms. The highest BCUT2D eigenvalue weighted by Crippen LogP contribution is 2.17. The highest BCUT2D eigenvalue weighted by molar-refractivity contribution is 5.66. The summed E-state index contributed by atoms with van der Waals surface area (Å²) in [5, 5.41) is 13.1. The number of aromatic nitrogens is 2. The highest BCUT2D eigenvalue weighted by Gasteiger charge is 2.09. The molecular weight excluding hydrogens is 266 g/mol. The van der Waals surface area contributed by atoms with Crippen LogP contribution in [0.1, 0.15) is 25.3 Å². The molecule has 2 rings (SSSR count). The first-order chi connectivity index (χ1) is 10.2. The summed E-state index contributed by atoms with van der Waals surface area (Å²) in [6.45, 7) is 4.36. The maximum Gasteiger partial charge on any atom is 0.303 e. The van der Waals surface area contributed by atoms with Crippen molar-refractivity contribution in [3.8, 4) is 0 Å². The first kappa shape index (κ1) is 15.1. The van der Waals surface area contributed by atoms with Gasteiger partial charge in [-0.15, -0.1) is 0 Å². The fourth-order valence-corrected chi connectivity index (χ4v) is 2.24. The van der Waals surface area contributed by atoms with Crippen LogP contribution in [0.4, 0.5) is 5.69 Å². The molecule has 1 heterocycles. The van der Waals surface area contributed by atoms with Gasteiger partial charge in [-0.3, -0.25) is 9.48 Å². The summed E-state index contributed by atoms with van der Waals surface area (Å²) in [5.74, 6) is -0.748. The van der Waals surface area contributed by atoms with E-state index in [0.717, 1.165) is 24.3 Å². The maximum absolute atomic E-state index is 10.7. The van der Waals surface area contributed by atoms with Crippen molar-refractivity contribution in [3.05, 3.63) is 48.3 Å². The van der Waals surface area contributed by atoms with E-state index in [1.165, 1.54) is 0 Å². The molecule has 0 fully saturated rings. The van der Waals surface area contributed by atoms with Crippen LogP contribution in [0.3, 0.4) is 0 Å². The van der Waals surface area contributed by atoms with Crippen LogP contribution in [0.15, 0.2) is 42.7 Å². The number of aryl methyl sites for hydroxylation is 1. The monoisotopic (exact) mass is 287 g/mol. The van der Waals surface area contributed by atoms with Gasteiger partial charge in [0.25, 0.3) is 0 Å². The molecule has 0 unspecified atom stereocenters. The lowest BCUT2D eigenvalue weighted by molar-refractivity contribution is -0.137. The molecule has 0 radical (unpaired) electrons. The number of carbonyl (C=O) groups is 1. The van der Waals surface area contributed by atoms with Gasteiger partial charge >= 0.3 is 5.97 Å². The lowest BCUT2D eigenvalue weighted by Crippen LogP contribution is -2.24. The van der Waals surface area contributed by atoms with Gasteiger partial charge in [0.05, 0.1) is 6.20 Å². The summed E-state index contributed by atoms with van der Waals surface area (Å²) < 4.78 is 1.90. The number of aliphatic carboxylic acids is 1. The Morgan fingerprint density at radius 1 is 1.33 bits per heavy atom. The number of para-hydroxylation sites is 1. The number of anilines is 1. The molecule has 1 N–H and O–H groups in total. The smallest absolute Gasteiger partial charge is 0.303 e. The van der Waals surface area contributed by atoms with Crippen LogP contribution >= 0.6 is 0 Å². The van der Waals surface area contributed by atoms with Gasteiger partial charge in [0.2, 0.25) is 0 Å². The van der Waals surface area contributed by atoms with Crippen molar-refractivity contribution in [3.63, 3.8) is 0 Å². The lowest BCUT2D eigenvalue weighted by atomic mass is 10.2. The molecule has 0 atom stereocenters. The van der Waals surface area contributed by atoms with Gasteiger partial charge in [-0.1, -0.05) is 18.2 Å². The second kappa shape index (κ2) is 7.47. The van der Waals surface area contributed by atoms with Gasteiger partial charge in [-0.05, 0) is 25.5 Å². The Labute approximate surface area is 124 Å². The minimum atomic E-state index is -0.748. The Balaban J connectivity index is 2.05. The normalized spacial score (nSPS) is 10.5. The SMILES string of the molecule is CCn1cc(CN(CCCC(=O)O)c2ccccc2)cn1. The molecule has 0 aliphatic carbocycles. The summed E-state index contributed by atoms with van der Waals surface area (Å²) in [7, 11) is 0. The number of rotatable bonds is 8. The fraction of sp³-hybridized carbons (Fsp3) is 0.375. The molecule has 2 aromatic rings. The van der Waals surface area contributed by atoms with E-state index in [9.17, 15) is 4.79 Å². The molecule has 0 saturated heterocycles. The number of hydrogen-bond acceptors (Lipinski definition) is 3. The molecular formula is C16H21N3O2. The minimum Gasteiger partial charge on any atom is -0.481 e. The topological polar surface area (TPSA) is 58.4 Å². The van der Waals surface area contributed by atoms with E-state index in [1.807, 2.05) is 47.4 Å². The average Bonchev–Trinajstić information content (AvgIpc) is 2.94. The molecule has 0 saturated carbocycles. The number of benzene rings is 1. The first-order valence-electron chi connectivity index (χ1n) is 7.22. The van der Waals surface area contributed by atoms with Crippen molar-refractivity contribution in [2.75, 3.05) is 11.4 Å². The average molecular weight is 287 g/mol. The van der Waals surface area contributed by atoms with E-state index < -0.39 is 5.97 Å². The standard InChI is InChI=1S/C16H21N3O2/c1-2-19-13-14(11-17-19)12-18(10-6-9-16(20)21)15-7-4-3-5-8-15/h3-5,7-8,11,13H,2,6,9-10,12H2,1H3,(H,20,21). The van der Waals surface area contributed by atoms with Crippen LogP contribution in [0, 0.1) is 0 Å². The van der Waals surface area contributed by atoms with Crippen LogP contribution in [0.5, 0.6) is 0 Å². The minimum absolute atomic E-state index is 0.192. The molecule has 5 heteroatoms. The van der Waals surface area contributed by atoms with Gasteiger partial charge in [-0.25, -0.2) is 0 Å². The van der Waals surface area contributed by atoms with Crippen LogP contribution < -0.4 is 4.90 Å². The summed E-state index contributed by atoms with van der Waals surface area (Å²) in [5.41, 5.74) is 2.24. The Hall–Kier alpha value is -2.30. The van der Waals surface area contributed by atoms with E-state index in [-0.39, 0.29) is 6.42 Å². The molecule has 0 aliphatic rings. The quantitative estimate of drug-likeness (QED) is 0.811. The van der Waals surface area contributed by atoms with Crippen molar-refractivity contribution >= 4 is 11.7 Å². The third-order valence-corrected chi connectivity index (χ3v) is 3.32. The van der Waals surface area contributed by atoms with E-state index in [2.05, 4.69) is 16.9 Å². The molecule has 0 amide bonds. The second-order valence-electron chi connectivity index (χ2n) is 4.96. The predicted octanol–water partition coefficient (Wildman–Crippen LogP) is 2.77. The molecule has 1 aromatic heterocycles. The third-order valence-electron chi connectivity index (χ3n) is 3.32. The van der Waals surface area contributed by atoms with Gasteiger partial charge < -0.3 is 10.0 Å². The highest BCUT2D eigenvalue weighted by atomic mass is 16.4. The fourth-order valence-electron chi connectivity index (χ4n) is 2.24. The van der Waals surface area contributed by atoms with Crippen molar-refractivity contribution in [1.29, 1.82) is 0 Å². The van der Waals surface area contributed by atoms with Crippen molar-refractivity contribution in [1.82, 2.24) is 9.78 Å². The molecule has 0 bridgehead atoms. The predicted molar refractivity (Wildman–Crippen MR) is 82.3 cm³/mol. The lowest BCUT2D eigenvalue weighted by Gasteiger charge is -2.24. The molecule has 21 heavy (non-hydrogen) atoms. The summed E-state index contributed by atoms with van der Waals surface area (Å²) in [6, 6.07) is 10.1. The maximum atomic E-state index is 10.7. The number of carboxylic acids is 1. The summed E-state index contributed by atoms with van der Waals surface area (Å²) in [4.78, 5) is 12.9. The molecule has 0 aliphatic heterocycles. The first-order valence-corrected chi connectivity index (χ1v) is 7.22. The van der Waals surface area contributed by atoms with Crippen molar-refractivity contribution in [2.24, 2.45) is 0 Å². The summed E-state index contributed by atoms with van der Waals surface area (Å²) in [6.07, 6.45) is 4.73. The Morgan fingerprint density at radius 3 is 2.71 bits per heavy atom. The van der Waals surface area contributed by atoms with Crippen LogP contribution in [-0.2, 0) is 17.9 Å². The van der Waals surface area contributed by atoms with E-state index in [4.69, 9.17) is 5.11 Å². The zero-order valence-electron chi connectivity index (χ0n) is 12.3. The Bertz CT molecular complexity index is 566. The Kier molecular flexibility index (Phi) is 5.37. The van der Waals surface area contributed by atoms with Gasteiger partial charge in [0, 0.05) is 43.5 Å². The second-order valence-corrected chi connectivity index (χ2v) is 4.96. The van der Waals surface area contributed by atoms with Crippen molar-refractivity contribution < 1.29 is 9.90 Å². The van der Waals surface area contributed by atoms with E-state index in [1.54, 1.807) is 0 Å². The number of carboxylic acid groups (broad SMARTS) is 1. The molecule has 5 nitrogen and oxygen atoms in total. The number of hydrogen-bond donors (Lipinski definition) is 1. The van der Waals surface area contributed by atoms with Gasteiger partial charge in [0.1, 0.15) is 0 Å². The molecule has 112 valence electrons. The van der Waals surface area contributed by atoms with Gasteiger partial charge in [-0.2, -0.15) is 5.10 Å². The van der Waals surface area contributed by atoms with Gasteiger partial charge in [0.15, 0.2) is 0 Å². The largest absolute Gasteiger partial charge is 0.481 e. The molecule has 1 aromatic carbocycles. The van der Waals surface area contributed by atoms with Crippen LogP contribution in [0.25, 0.3) is 0 Å². The van der Waals surface area contributed by atoms with E-state index >= 15 is 0 Å². The van der Waals surface area contributed by atoms with Crippen molar-refractivity contribution in [2.45, 2.75) is 32.9 Å². The summed E-state index contributed by atoms with van der Waals surface area (Å²) >= 11 is 0. The van der Waals surface area contributed by atoms with E-state index in [0.29, 0.717) is 13.0 Å². The third kappa shape index (κ3) is 4.63. The van der Waals surface area contributed by atoms with Crippen LogP contribution in [-0.4, -0.2) is 27.4 Å². The Morgan fingerprint density at radius 2 is 2.10 bits per heavy atom.